The predicted octanol–water partition coefficient (Wildman–Crippen LogP) is 0.778. The third-order valence-electron chi connectivity index (χ3n) is 4.85. The van der Waals surface area contributed by atoms with Crippen molar-refractivity contribution in [2.45, 2.75) is 51.7 Å². The average Bonchev–Trinajstić information content (AvgIpc) is 3.00. The minimum Gasteiger partial charge on any atom is -0.379 e. The Morgan fingerprint density at radius 3 is 2.67 bits per heavy atom. The third kappa shape index (κ3) is 3.63. The SMILES string of the molecule is CCn1cc(CC(NN)C(C)(CC)N2CCOCC2)cn1. The summed E-state index contributed by atoms with van der Waals surface area (Å²) >= 11 is 0. The van der Waals surface area contributed by atoms with E-state index in [1.807, 2.05) is 10.9 Å². The molecule has 1 saturated heterocycles. The Labute approximate surface area is 127 Å². The van der Waals surface area contributed by atoms with Crippen LogP contribution in [0.2, 0.25) is 0 Å². The predicted molar refractivity (Wildman–Crippen MR) is 83.8 cm³/mol. The number of hydrogen-bond donors (Lipinski definition) is 2. The standard InChI is InChI=1S/C15H29N5O/c1-4-15(3,19-6-8-21-9-7-19)14(18-16)10-13-11-17-20(5-2)12-13/h11-12,14,18H,4-10,16H2,1-3H3. The number of aryl methyl sites for hydroxylation is 1. The molecule has 3 N–H and O–H groups in total. The van der Waals surface area contributed by atoms with E-state index in [0.717, 1.165) is 45.7 Å². The molecule has 2 rings (SSSR count). The zero-order valence-corrected chi connectivity index (χ0v) is 13.5. The van der Waals surface area contributed by atoms with Gasteiger partial charge in [-0.3, -0.25) is 20.9 Å². The summed E-state index contributed by atoms with van der Waals surface area (Å²) in [6.45, 7) is 11.1. The first-order chi connectivity index (χ1) is 10.1. The summed E-state index contributed by atoms with van der Waals surface area (Å²) in [4.78, 5) is 2.51. The first-order valence-electron chi connectivity index (χ1n) is 7.94. The van der Waals surface area contributed by atoms with Gasteiger partial charge in [-0.25, -0.2) is 0 Å². The second kappa shape index (κ2) is 7.35. The summed E-state index contributed by atoms with van der Waals surface area (Å²) in [5.41, 5.74) is 4.30. The van der Waals surface area contributed by atoms with Crippen molar-refractivity contribution >= 4 is 0 Å². The highest BCUT2D eigenvalue weighted by atomic mass is 16.5. The van der Waals surface area contributed by atoms with Crippen LogP contribution in [0.5, 0.6) is 0 Å². The minimum absolute atomic E-state index is 0.0207. The van der Waals surface area contributed by atoms with Crippen molar-refractivity contribution in [2.75, 3.05) is 26.3 Å². The van der Waals surface area contributed by atoms with Gasteiger partial charge in [0.25, 0.3) is 0 Å². The van der Waals surface area contributed by atoms with E-state index in [4.69, 9.17) is 10.6 Å². The maximum absolute atomic E-state index is 5.89. The average molecular weight is 295 g/mol. The Morgan fingerprint density at radius 1 is 1.43 bits per heavy atom. The maximum atomic E-state index is 5.89. The summed E-state index contributed by atoms with van der Waals surface area (Å²) in [5.74, 6) is 5.89. The van der Waals surface area contributed by atoms with Crippen LogP contribution in [0.3, 0.4) is 0 Å². The van der Waals surface area contributed by atoms with Crippen molar-refractivity contribution in [1.29, 1.82) is 0 Å². The van der Waals surface area contributed by atoms with Gasteiger partial charge in [-0.15, -0.1) is 0 Å². The fraction of sp³-hybridized carbons (Fsp3) is 0.800. The molecule has 2 heterocycles. The number of nitrogens with two attached hydrogens (primary N) is 1. The Morgan fingerprint density at radius 2 is 2.14 bits per heavy atom. The van der Waals surface area contributed by atoms with E-state index >= 15 is 0 Å². The molecule has 6 nitrogen and oxygen atoms in total. The fourth-order valence-electron chi connectivity index (χ4n) is 3.14. The number of hydrazine groups is 1. The Bertz CT molecular complexity index is 429. The zero-order valence-electron chi connectivity index (χ0n) is 13.5. The Hall–Kier alpha value is -0.950. The molecule has 1 aromatic rings. The topological polar surface area (TPSA) is 68.3 Å². The van der Waals surface area contributed by atoms with E-state index in [1.165, 1.54) is 5.56 Å². The van der Waals surface area contributed by atoms with Crippen molar-refractivity contribution < 1.29 is 4.74 Å². The lowest BCUT2D eigenvalue weighted by Crippen LogP contribution is -2.63. The molecule has 0 aliphatic carbocycles. The number of morpholine rings is 1. The van der Waals surface area contributed by atoms with E-state index in [0.29, 0.717) is 0 Å². The first kappa shape index (κ1) is 16.4. The van der Waals surface area contributed by atoms with Gasteiger partial charge in [-0.05, 0) is 32.3 Å². The molecule has 120 valence electrons. The van der Waals surface area contributed by atoms with E-state index in [1.54, 1.807) is 0 Å². The van der Waals surface area contributed by atoms with Gasteiger partial charge >= 0.3 is 0 Å². The van der Waals surface area contributed by atoms with Crippen molar-refractivity contribution in [2.24, 2.45) is 5.84 Å². The molecule has 0 radical (unpaired) electrons. The lowest BCUT2D eigenvalue weighted by Gasteiger charge is -2.47. The summed E-state index contributed by atoms with van der Waals surface area (Å²) in [6.07, 6.45) is 5.99. The van der Waals surface area contributed by atoms with Crippen LogP contribution in [0.4, 0.5) is 0 Å². The highest BCUT2D eigenvalue weighted by Gasteiger charge is 2.38. The smallest absolute Gasteiger partial charge is 0.0594 e. The van der Waals surface area contributed by atoms with E-state index in [-0.39, 0.29) is 11.6 Å². The molecule has 0 bridgehead atoms. The summed E-state index contributed by atoms with van der Waals surface area (Å²) in [7, 11) is 0. The van der Waals surface area contributed by atoms with Crippen LogP contribution < -0.4 is 11.3 Å². The van der Waals surface area contributed by atoms with Crippen molar-refractivity contribution in [3.05, 3.63) is 18.0 Å². The number of nitrogens with one attached hydrogen (secondary N) is 1. The molecule has 21 heavy (non-hydrogen) atoms. The zero-order chi connectivity index (χ0) is 15.3. The molecular formula is C15H29N5O. The number of hydrogen-bond acceptors (Lipinski definition) is 5. The van der Waals surface area contributed by atoms with Crippen LogP contribution in [-0.4, -0.2) is 52.6 Å². The number of rotatable bonds is 7. The van der Waals surface area contributed by atoms with Gasteiger partial charge in [0.15, 0.2) is 0 Å². The van der Waals surface area contributed by atoms with Crippen LogP contribution in [0.15, 0.2) is 12.4 Å². The summed E-state index contributed by atoms with van der Waals surface area (Å²) < 4.78 is 7.44. The molecule has 2 unspecified atom stereocenters. The Kier molecular flexibility index (Phi) is 5.75. The van der Waals surface area contributed by atoms with Crippen LogP contribution in [-0.2, 0) is 17.7 Å². The molecule has 0 saturated carbocycles. The largest absolute Gasteiger partial charge is 0.379 e. The van der Waals surface area contributed by atoms with Gasteiger partial charge in [0.05, 0.1) is 19.4 Å². The van der Waals surface area contributed by atoms with Crippen molar-refractivity contribution in [3.8, 4) is 0 Å². The van der Waals surface area contributed by atoms with E-state index in [9.17, 15) is 0 Å². The van der Waals surface area contributed by atoms with Gasteiger partial charge in [0.1, 0.15) is 0 Å². The monoisotopic (exact) mass is 295 g/mol. The molecule has 1 aliphatic rings. The molecule has 1 aromatic heterocycles. The Balaban J connectivity index is 2.11. The highest BCUT2D eigenvalue weighted by molar-refractivity contribution is 5.10. The quantitative estimate of drug-likeness (QED) is 0.575. The molecule has 2 atom stereocenters. The lowest BCUT2D eigenvalue weighted by molar-refractivity contribution is -0.0322. The second-order valence-electron chi connectivity index (χ2n) is 5.94. The fourth-order valence-corrected chi connectivity index (χ4v) is 3.14. The molecule has 0 spiro atoms. The van der Waals surface area contributed by atoms with Gasteiger partial charge in [0, 0.05) is 37.4 Å². The third-order valence-corrected chi connectivity index (χ3v) is 4.85. The van der Waals surface area contributed by atoms with E-state index in [2.05, 4.69) is 42.4 Å². The van der Waals surface area contributed by atoms with Gasteiger partial charge in [0.2, 0.25) is 0 Å². The minimum atomic E-state index is 0.0207. The van der Waals surface area contributed by atoms with Gasteiger partial charge in [-0.2, -0.15) is 5.10 Å². The molecular weight excluding hydrogens is 266 g/mol. The molecule has 1 aliphatic heterocycles. The molecule has 1 fully saturated rings. The van der Waals surface area contributed by atoms with Crippen LogP contribution >= 0.6 is 0 Å². The van der Waals surface area contributed by atoms with Gasteiger partial charge in [-0.1, -0.05) is 6.92 Å². The number of aromatic nitrogens is 2. The first-order valence-corrected chi connectivity index (χ1v) is 7.94. The maximum Gasteiger partial charge on any atom is 0.0594 e. The second-order valence-corrected chi connectivity index (χ2v) is 5.94. The lowest BCUT2D eigenvalue weighted by atomic mass is 9.84. The van der Waals surface area contributed by atoms with Crippen molar-refractivity contribution in [1.82, 2.24) is 20.1 Å². The van der Waals surface area contributed by atoms with Crippen molar-refractivity contribution in [3.63, 3.8) is 0 Å². The molecule has 0 aromatic carbocycles. The number of nitrogens with zero attached hydrogens (tertiary/aromatic N) is 3. The van der Waals surface area contributed by atoms with Gasteiger partial charge < -0.3 is 4.74 Å². The normalized spacial score (nSPS) is 21.1. The van der Waals surface area contributed by atoms with Crippen LogP contribution in [0.25, 0.3) is 0 Å². The molecule has 0 amide bonds. The van der Waals surface area contributed by atoms with E-state index < -0.39 is 0 Å². The number of ether oxygens (including phenoxy) is 1. The molecule has 6 heteroatoms. The van der Waals surface area contributed by atoms with Crippen LogP contribution in [0.1, 0.15) is 32.8 Å². The van der Waals surface area contributed by atoms with Crippen LogP contribution in [0, 0.1) is 0 Å². The highest BCUT2D eigenvalue weighted by Crippen LogP contribution is 2.26. The summed E-state index contributed by atoms with van der Waals surface area (Å²) in [6, 6.07) is 0.190. The summed E-state index contributed by atoms with van der Waals surface area (Å²) in [5, 5.41) is 4.36.